The summed E-state index contributed by atoms with van der Waals surface area (Å²) in [4.78, 5) is 14.0. The summed E-state index contributed by atoms with van der Waals surface area (Å²) in [6, 6.07) is 3.79. The lowest BCUT2D eigenvalue weighted by Crippen LogP contribution is -2.28. The van der Waals surface area contributed by atoms with Crippen LogP contribution in [0.4, 0.5) is 0 Å². The Morgan fingerprint density at radius 2 is 2.33 bits per heavy atom. The Morgan fingerprint density at radius 1 is 1.60 bits per heavy atom. The van der Waals surface area contributed by atoms with Crippen LogP contribution in [0, 0.1) is 5.92 Å². The largest absolute Gasteiger partial charge is 0.348 e. The van der Waals surface area contributed by atoms with Crippen molar-refractivity contribution in [3.63, 3.8) is 0 Å². The molecule has 15 heavy (non-hydrogen) atoms. The van der Waals surface area contributed by atoms with Crippen molar-refractivity contribution in [3.05, 3.63) is 24.0 Å². The van der Waals surface area contributed by atoms with E-state index in [1.54, 1.807) is 0 Å². The molecular formula is C12H18N2O. The molecule has 0 saturated heterocycles. The summed E-state index contributed by atoms with van der Waals surface area (Å²) in [6.45, 7) is 1.60. The van der Waals surface area contributed by atoms with E-state index in [9.17, 15) is 4.79 Å². The van der Waals surface area contributed by atoms with Gasteiger partial charge in [0.05, 0.1) is 12.2 Å². The van der Waals surface area contributed by atoms with Crippen LogP contribution in [-0.2, 0) is 7.05 Å². The summed E-state index contributed by atoms with van der Waals surface area (Å²) < 4.78 is 1.88. The Bertz CT molecular complexity index is 352. The first-order valence-corrected chi connectivity index (χ1v) is 5.50. The predicted octanol–water partition coefficient (Wildman–Crippen LogP) is 1.55. The molecule has 1 heterocycles. The zero-order valence-corrected chi connectivity index (χ0v) is 9.44. The molecule has 1 saturated carbocycles. The average molecular weight is 206 g/mol. The molecule has 0 aromatic carbocycles. The van der Waals surface area contributed by atoms with Crippen LogP contribution in [0.2, 0.25) is 0 Å². The van der Waals surface area contributed by atoms with Gasteiger partial charge in [-0.2, -0.15) is 0 Å². The topological polar surface area (TPSA) is 25.2 Å². The van der Waals surface area contributed by atoms with Gasteiger partial charge in [-0.05, 0) is 37.9 Å². The number of rotatable bonds is 5. The summed E-state index contributed by atoms with van der Waals surface area (Å²) >= 11 is 0. The van der Waals surface area contributed by atoms with Crippen molar-refractivity contribution < 1.29 is 4.79 Å². The molecule has 2 rings (SSSR count). The molecule has 1 aromatic rings. The maximum Gasteiger partial charge on any atom is 0.193 e. The molecule has 3 nitrogen and oxygen atoms in total. The van der Waals surface area contributed by atoms with E-state index in [0.717, 1.165) is 18.2 Å². The number of Topliss-reactive ketones (excluding diaryl/α,β-unsaturated/α-hetero) is 1. The minimum atomic E-state index is 0.214. The summed E-state index contributed by atoms with van der Waals surface area (Å²) in [7, 11) is 3.94. The van der Waals surface area contributed by atoms with Crippen molar-refractivity contribution in [2.75, 3.05) is 20.1 Å². The van der Waals surface area contributed by atoms with Gasteiger partial charge in [-0.1, -0.05) is 0 Å². The first-order chi connectivity index (χ1) is 7.16. The Morgan fingerprint density at radius 3 is 2.87 bits per heavy atom. The molecule has 0 amide bonds. The standard InChI is InChI=1S/C12H18N2O/c1-13(8-10-5-6-10)9-12(15)11-4-3-7-14(11)2/h3-4,7,10H,5-6,8-9H2,1-2H3. The average Bonchev–Trinajstić information content (AvgIpc) is 2.85. The van der Waals surface area contributed by atoms with E-state index in [0.29, 0.717) is 6.54 Å². The van der Waals surface area contributed by atoms with Crippen LogP contribution < -0.4 is 0 Å². The zero-order chi connectivity index (χ0) is 10.8. The van der Waals surface area contributed by atoms with E-state index in [4.69, 9.17) is 0 Å². The Kier molecular flexibility index (Phi) is 2.91. The van der Waals surface area contributed by atoms with Crippen LogP contribution in [0.25, 0.3) is 0 Å². The molecule has 1 aromatic heterocycles. The van der Waals surface area contributed by atoms with Gasteiger partial charge in [-0.15, -0.1) is 0 Å². The number of hydrogen-bond donors (Lipinski definition) is 0. The van der Waals surface area contributed by atoms with Gasteiger partial charge in [0.15, 0.2) is 5.78 Å². The number of aromatic nitrogens is 1. The molecule has 0 atom stereocenters. The molecule has 0 aliphatic heterocycles. The van der Waals surface area contributed by atoms with Crippen LogP contribution in [0.5, 0.6) is 0 Å². The SMILES string of the molecule is CN(CC(=O)c1cccn1C)CC1CC1. The molecule has 1 aliphatic rings. The van der Waals surface area contributed by atoms with Crippen molar-refractivity contribution in [2.45, 2.75) is 12.8 Å². The maximum atomic E-state index is 11.9. The molecule has 0 spiro atoms. The fourth-order valence-electron chi connectivity index (χ4n) is 1.88. The molecule has 82 valence electrons. The van der Waals surface area contributed by atoms with E-state index in [1.165, 1.54) is 12.8 Å². The summed E-state index contributed by atoms with van der Waals surface area (Å²) in [5.41, 5.74) is 0.803. The van der Waals surface area contributed by atoms with Gasteiger partial charge >= 0.3 is 0 Å². The van der Waals surface area contributed by atoms with Crippen molar-refractivity contribution >= 4 is 5.78 Å². The van der Waals surface area contributed by atoms with Crippen molar-refractivity contribution in [2.24, 2.45) is 13.0 Å². The highest BCUT2D eigenvalue weighted by molar-refractivity contribution is 5.96. The third-order valence-corrected chi connectivity index (χ3v) is 2.91. The number of ketones is 1. The van der Waals surface area contributed by atoms with Gasteiger partial charge in [-0.25, -0.2) is 0 Å². The van der Waals surface area contributed by atoms with Gasteiger partial charge in [0.1, 0.15) is 0 Å². The van der Waals surface area contributed by atoms with Crippen molar-refractivity contribution in [1.29, 1.82) is 0 Å². The third-order valence-electron chi connectivity index (χ3n) is 2.91. The van der Waals surface area contributed by atoms with Gasteiger partial charge < -0.3 is 4.57 Å². The van der Waals surface area contributed by atoms with Gasteiger partial charge in [0.25, 0.3) is 0 Å². The lowest BCUT2D eigenvalue weighted by molar-refractivity contribution is 0.0936. The highest BCUT2D eigenvalue weighted by atomic mass is 16.1. The van der Waals surface area contributed by atoms with Crippen LogP contribution in [0.15, 0.2) is 18.3 Å². The van der Waals surface area contributed by atoms with Gasteiger partial charge in [-0.3, -0.25) is 9.69 Å². The summed E-state index contributed by atoms with van der Waals surface area (Å²) in [6.07, 6.45) is 4.58. The zero-order valence-electron chi connectivity index (χ0n) is 9.44. The number of nitrogens with zero attached hydrogens (tertiary/aromatic N) is 2. The molecule has 0 bridgehead atoms. The van der Waals surface area contributed by atoms with Crippen molar-refractivity contribution in [1.82, 2.24) is 9.47 Å². The third kappa shape index (κ3) is 2.69. The fraction of sp³-hybridized carbons (Fsp3) is 0.583. The molecule has 0 unspecified atom stereocenters. The maximum absolute atomic E-state index is 11.9. The van der Waals surface area contributed by atoms with Crippen LogP contribution >= 0.6 is 0 Å². The lowest BCUT2D eigenvalue weighted by atomic mass is 10.2. The number of likely N-dealkylation sites (N-methyl/N-ethyl adjacent to an activating group) is 1. The lowest BCUT2D eigenvalue weighted by Gasteiger charge is -2.15. The Labute approximate surface area is 90.7 Å². The minimum absolute atomic E-state index is 0.214. The first kappa shape index (κ1) is 10.4. The second kappa shape index (κ2) is 4.19. The Balaban J connectivity index is 1.88. The quantitative estimate of drug-likeness (QED) is 0.683. The molecule has 1 fully saturated rings. The van der Waals surface area contributed by atoms with E-state index >= 15 is 0 Å². The van der Waals surface area contributed by atoms with E-state index in [-0.39, 0.29) is 5.78 Å². The molecule has 1 aliphatic carbocycles. The molecular weight excluding hydrogens is 188 g/mol. The normalized spacial score (nSPS) is 15.9. The van der Waals surface area contributed by atoms with E-state index in [1.807, 2.05) is 37.0 Å². The molecule has 0 radical (unpaired) electrons. The second-order valence-electron chi connectivity index (χ2n) is 4.57. The first-order valence-electron chi connectivity index (χ1n) is 5.50. The van der Waals surface area contributed by atoms with Crippen LogP contribution in [0.1, 0.15) is 23.3 Å². The monoisotopic (exact) mass is 206 g/mol. The summed E-state index contributed by atoms with van der Waals surface area (Å²) in [5, 5.41) is 0. The fourth-order valence-corrected chi connectivity index (χ4v) is 1.88. The highest BCUT2D eigenvalue weighted by Gasteiger charge is 2.23. The molecule has 0 N–H and O–H groups in total. The van der Waals surface area contributed by atoms with Crippen LogP contribution in [-0.4, -0.2) is 35.4 Å². The van der Waals surface area contributed by atoms with Gasteiger partial charge in [0.2, 0.25) is 0 Å². The van der Waals surface area contributed by atoms with Crippen LogP contribution in [0.3, 0.4) is 0 Å². The van der Waals surface area contributed by atoms with Crippen molar-refractivity contribution in [3.8, 4) is 0 Å². The Hall–Kier alpha value is -1.09. The second-order valence-corrected chi connectivity index (χ2v) is 4.57. The number of carbonyl (C=O) groups is 1. The van der Waals surface area contributed by atoms with E-state index < -0.39 is 0 Å². The smallest absolute Gasteiger partial charge is 0.193 e. The summed E-state index contributed by atoms with van der Waals surface area (Å²) in [5.74, 6) is 1.06. The number of aryl methyl sites for hydroxylation is 1. The van der Waals surface area contributed by atoms with Gasteiger partial charge in [0, 0.05) is 19.8 Å². The number of carbonyl (C=O) groups excluding carboxylic acids is 1. The highest BCUT2D eigenvalue weighted by Crippen LogP contribution is 2.29. The number of hydrogen-bond acceptors (Lipinski definition) is 2. The van der Waals surface area contributed by atoms with E-state index in [2.05, 4.69) is 4.90 Å². The predicted molar refractivity (Wildman–Crippen MR) is 60.0 cm³/mol. The minimum Gasteiger partial charge on any atom is -0.348 e. The molecule has 3 heteroatoms.